The molecule has 3 rings (SSSR count). The highest BCUT2D eigenvalue weighted by molar-refractivity contribution is 6.30. The summed E-state index contributed by atoms with van der Waals surface area (Å²) in [7, 11) is 0. The molecule has 0 radical (unpaired) electrons. The number of carbonyl (C=O) groups excluding carboxylic acids is 1. The molecule has 0 saturated heterocycles. The van der Waals surface area contributed by atoms with Gasteiger partial charge in [0, 0.05) is 23.2 Å². The second kappa shape index (κ2) is 7.92. The number of carbonyl (C=O) groups is 1. The van der Waals surface area contributed by atoms with Gasteiger partial charge in [-0.05, 0) is 36.2 Å². The first-order valence-corrected chi connectivity index (χ1v) is 9.32. The molecule has 0 aliphatic rings. The lowest BCUT2D eigenvalue weighted by Gasteiger charge is -2.26. The van der Waals surface area contributed by atoms with Crippen molar-refractivity contribution < 1.29 is 4.79 Å². The fraction of sp³-hybridized carbons (Fsp3) is 0.286. The summed E-state index contributed by atoms with van der Waals surface area (Å²) in [5.41, 5.74) is 2.25. The third kappa shape index (κ3) is 4.19. The van der Waals surface area contributed by atoms with Gasteiger partial charge < -0.3 is 5.32 Å². The highest BCUT2D eigenvalue weighted by atomic mass is 35.5. The van der Waals surface area contributed by atoms with E-state index in [9.17, 15) is 4.79 Å². The van der Waals surface area contributed by atoms with Crippen molar-refractivity contribution in [2.75, 3.05) is 6.54 Å². The average Bonchev–Trinajstić information content (AvgIpc) is 3.11. The molecule has 0 aliphatic carbocycles. The van der Waals surface area contributed by atoms with Crippen LogP contribution in [-0.4, -0.2) is 27.2 Å². The largest absolute Gasteiger partial charge is 0.351 e. The predicted octanol–water partition coefficient (Wildman–Crippen LogP) is 4.19. The molecule has 3 aromatic rings. The van der Waals surface area contributed by atoms with Gasteiger partial charge in [0.25, 0.3) is 5.91 Å². The van der Waals surface area contributed by atoms with Crippen molar-refractivity contribution in [1.29, 1.82) is 0 Å². The molecule has 140 valence electrons. The molecule has 2 heterocycles. The quantitative estimate of drug-likeness (QED) is 0.695. The van der Waals surface area contributed by atoms with Gasteiger partial charge in [-0.2, -0.15) is 5.10 Å². The highest BCUT2D eigenvalue weighted by Crippen LogP contribution is 2.25. The van der Waals surface area contributed by atoms with Gasteiger partial charge in [0.1, 0.15) is 0 Å². The fourth-order valence-corrected chi connectivity index (χ4v) is 3.18. The van der Waals surface area contributed by atoms with Gasteiger partial charge in [-0.25, -0.2) is 9.67 Å². The van der Waals surface area contributed by atoms with E-state index in [0.717, 1.165) is 11.3 Å². The summed E-state index contributed by atoms with van der Waals surface area (Å²) in [6.07, 6.45) is 4.00. The maximum Gasteiger partial charge on any atom is 0.254 e. The van der Waals surface area contributed by atoms with E-state index in [1.807, 2.05) is 49.4 Å². The van der Waals surface area contributed by atoms with Crippen LogP contribution in [0.25, 0.3) is 5.82 Å². The molecule has 2 aromatic heterocycles. The monoisotopic (exact) mass is 382 g/mol. The second-order valence-electron chi connectivity index (χ2n) is 7.04. The first-order chi connectivity index (χ1) is 12.9. The van der Waals surface area contributed by atoms with Crippen LogP contribution < -0.4 is 5.32 Å². The number of amides is 1. The van der Waals surface area contributed by atoms with Crippen molar-refractivity contribution in [3.8, 4) is 5.82 Å². The maximum absolute atomic E-state index is 12.8. The first-order valence-electron chi connectivity index (χ1n) is 8.95. The van der Waals surface area contributed by atoms with E-state index in [2.05, 4.69) is 29.2 Å². The molecule has 1 amide bonds. The topological polar surface area (TPSA) is 59.8 Å². The number of benzene rings is 1. The summed E-state index contributed by atoms with van der Waals surface area (Å²) < 4.78 is 1.72. The van der Waals surface area contributed by atoms with Crippen molar-refractivity contribution in [2.45, 2.75) is 32.6 Å². The summed E-state index contributed by atoms with van der Waals surface area (Å²) in [6, 6.07) is 13.3. The molecule has 0 unspecified atom stereocenters. The average molecular weight is 383 g/mol. The number of nitrogens with one attached hydrogen (secondary N) is 1. The van der Waals surface area contributed by atoms with Crippen LogP contribution in [0.3, 0.4) is 0 Å². The van der Waals surface area contributed by atoms with Crippen LogP contribution in [-0.2, 0) is 11.8 Å². The third-order valence-electron chi connectivity index (χ3n) is 4.61. The SMILES string of the molecule is CCc1c(C(=O)NCC(C)(C)c2cccc(Cl)c2)cnn1-c1ccccn1. The number of hydrogen-bond donors (Lipinski definition) is 1. The van der Waals surface area contributed by atoms with Gasteiger partial charge in [-0.15, -0.1) is 0 Å². The smallest absolute Gasteiger partial charge is 0.254 e. The van der Waals surface area contributed by atoms with Crippen molar-refractivity contribution in [3.63, 3.8) is 0 Å². The van der Waals surface area contributed by atoms with E-state index in [0.29, 0.717) is 29.4 Å². The van der Waals surface area contributed by atoms with Gasteiger partial charge in [0.05, 0.1) is 17.5 Å². The minimum absolute atomic E-state index is 0.135. The second-order valence-corrected chi connectivity index (χ2v) is 7.47. The Kier molecular flexibility index (Phi) is 5.61. The Morgan fingerprint density at radius 3 is 2.70 bits per heavy atom. The molecule has 0 bridgehead atoms. The minimum atomic E-state index is -0.246. The van der Waals surface area contributed by atoms with E-state index in [-0.39, 0.29) is 11.3 Å². The van der Waals surface area contributed by atoms with Crippen LogP contribution in [0.5, 0.6) is 0 Å². The lowest BCUT2D eigenvalue weighted by molar-refractivity contribution is 0.0944. The molecule has 27 heavy (non-hydrogen) atoms. The summed E-state index contributed by atoms with van der Waals surface area (Å²) in [6.45, 7) is 6.65. The van der Waals surface area contributed by atoms with E-state index in [1.54, 1.807) is 17.1 Å². The predicted molar refractivity (Wildman–Crippen MR) is 108 cm³/mol. The molecule has 0 aliphatic heterocycles. The Hall–Kier alpha value is -2.66. The van der Waals surface area contributed by atoms with E-state index < -0.39 is 0 Å². The van der Waals surface area contributed by atoms with Gasteiger partial charge in [0.15, 0.2) is 5.82 Å². The molecule has 1 N–H and O–H groups in total. The van der Waals surface area contributed by atoms with Crippen LogP contribution in [0.1, 0.15) is 42.4 Å². The minimum Gasteiger partial charge on any atom is -0.351 e. The first kappa shape index (κ1) is 19.1. The van der Waals surface area contributed by atoms with Crippen molar-refractivity contribution in [2.24, 2.45) is 0 Å². The summed E-state index contributed by atoms with van der Waals surface area (Å²) in [4.78, 5) is 17.1. The van der Waals surface area contributed by atoms with Gasteiger partial charge in [0.2, 0.25) is 0 Å². The maximum atomic E-state index is 12.8. The van der Waals surface area contributed by atoms with E-state index >= 15 is 0 Å². The molecule has 1 aromatic carbocycles. The van der Waals surface area contributed by atoms with Crippen LogP contribution >= 0.6 is 11.6 Å². The Morgan fingerprint density at radius 1 is 1.22 bits per heavy atom. The molecule has 0 fully saturated rings. The normalized spacial score (nSPS) is 11.4. The zero-order valence-electron chi connectivity index (χ0n) is 15.7. The number of aromatic nitrogens is 3. The number of nitrogens with zero attached hydrogens (tertiary/aromatic N) is 3. The summed E-state index contributed by atoms with van der Waals surface area (Å²) in [5, 5.41) is 8.10. The number of halogens is 1. The Bertz CT molecular complexity index is 934. The lowest BCUT2D eigenvalue weighted by atomic mass is 9.84. The highest BCUT2D eigenvalue weighted by Gasteiger charge is 2.24. The zero-order valence-corrected chi connectivity index (χ0v) is 16.5. The zero-order chi connectivity index (χ0) is 19.4. The van der Waals surface area contributed by atoms with E-state index in [4.69, 9.17) is 11.6 Å². The summed E-state index contributed by atoms with van der Waals surface area (Å²) in [5.74, 6) is 0.566. The molecule has 0 atom stereocenters. The lowest BCUT2D eigenvalue weighted by Crippen LogP contribution is -2.37. The van der Waals surface area contributed by atoms with Gasteiger partial charge in [-0.3, -0.25) is 4.79 Å². The Balaban J connectivity index is 1.78. The fourth-order valence-electron chi connectivity index (χ4n) is 2.99. The molecular formula is C21H23ClN4O. The van der Waals surface area contributed by atoms with E-state index in [1.165, 1.54) is 0 Å². The van der Waals surface area contributed by atoms with Crippen LogP contribution in [0, 0.1) is 0 Å². The van der Waals surface area contributed by atoms with Crippen LogP contribution in [0.4, 0.5) is 0 Å². The number of rotatable bonds is 6. The van der Waals surface area contributed by atoms with Gasteiger partial charge in [-0.1, -0.05) is 50.6 Å². The standard InChI is InChI=1S/C21H23ClN4O/c1-4-18-17(13-25-26(18)19-10-5-6-11-23-19)20(27)24-14-21(2,3)15-8-7-9-16(22)12-15/h5-13H,4,14H2,1-3H3,(H,24,27). The van der Waals surface area contributed by atoms with Gasteiger partial charge >= 0.3 is 0 Å². The molecule has 0 spiro atoms. The van der Waals surface area contributed by atoms with Crippen LogP contribution in [0.2, 0.25) is 5.02 Å². The third-order valence-corrected chi connectivity index (χ3v) is 4.85. The molecular weight excluding hydrogens is 360 g/mol. The Labute approximate surface area is 164 Å². The van der Waals surface area contributed by atoms with Crippen molar-refractivity contribution >= 4 is 17.5 Å². The molecule has 5 nitrogen and oxygen atoms in total. The van der Waals surface area contributed by atoms with Crippen molar-refractivity contribution in [3.05, 3.63) is 76.7 Å². The Morgan fingerprint density at radius 2 is 2.04 bits per heavy atom. The number of pyridine rings is 1. The summed E-state index contributed by atoms with van der Waals surface area (Å²) >= 11 is 6.11. The molecule has 6 heteroatoms. The van der Waals surface area contributed by atoms with Crippen molar-refractivity contribution in [1.82, 2.24) is 20.1 Å². The van der Waals surface area contributed by atoms with Crippen LogP contribution in [0.15, 0.2) is 54.9 Å². The number of hydrogen-bond acceptors (Lipinski definition) is 3. The molecule has 0 saturated carbocycles.